The molecule has 0 spiro atoms. The normalized spacial score (nSPS) is 28.4. The van der Waals surface area contributed by atoms with Crippen molar-refractivity contribution in [2.24, 2.45) is 5.92 Å². The molecule has 1 saturated heterocycles. The topological polar surface area (TPSA) is 49.3 Å². The van der Waals surface area contributed by atoms with Crippen LogP contribution in [0.5, 0.6) is 0 Å². The van der Waals surface area contributed by atoms with Gasteiger partial charge in [0.25, 0.3) is 0 Å². The fraction of sp³-hybridized carbons (Fsp3) is 0.909. The molecular weight excluding hydrogens is 178 g/mol. The summed E-state index contributed by atoms with van der Waals surface area (Å²) in [5, 5.41) is 12.0. The fourth-order valence-corrected chi connectivity index (χ4v) is 2.10. The third-order valence-electron chi connectivity index (χ3n) is 3.07. The molecule has 0 aromatic heterocycles. The van der Waals surface area contributed by atoms with Gasteiger partial charge in [0, 0.05) is 0 Å². The van der Waals surface area contributed by atoms with Gasteiger partial charge in [-0.15, -0.1) is 0 Å². The molecule has 3 nitrogen and oxygen atoms in total. The molecule has 3 heteroatoms. The largest absolute Gasteiger partial charge is 0.480 e. The Bertz CT molecular complexity index is 182. The zero-order valence-corrected chi connectivity index (χ0v) is 8.96. The molecule has 1 aliphatic heterocycles. The highest BCUT2D eigenvalue weighted by atomic mass is 16.4. The second-order valence-electron chi connectivity index (χ2n) is 4.22. The Morgan fingerprint density at radius 3 is 2.86 bits per heavy atom. The third-order valence-corrected chi connectivity index (χ3v) is 3.07. The van der Waals surface area contributed by atoms with E-state index in [9.17, 15) is 4.79 Å². The SMILES string of the molecule is CCCCC1CCNC(C(=O)O)CC1. The predicted molar refractivity (Wildman–Crippen MR) is 56.3 cm³/mol. The highest BCUT2D eigenvalue weighted by Crippen LogP contribution is 2.21. The van der Waals surface area contributed by atoms with Crippen molar-refractivity contribution in [3.8, 4) is 0 Å². The van der Waals surface area contributed by atoms with Gasteiger partial charge in [-0.05, 0) is 31.7 Å². The second-order valence-corrected chi connectivity index (χ2v) is 4.22. The van der Waals surface area contributed by atoms with Crippen molar-refractivity contribution >= 4 is 5.97 Å². The molecule has 1 heterocycles. The number of rotatable bonds is 4. The van der Waals surface area contributed by atoms with Crippen LogP contribution < -0.4 is 5.32 Å². The maximum absolute atomic E-state index is 10.8. The maximum Gasteiger partial charge on any atom is 0.320 e. The van der Waals surface area contributed by atoms with Crippen molar-refractivity contribution in [1.29, 1.82) is 0 Å². The standard InChI is InChI=1S/C11H21NO2/c1-2-3-4-9-5-6-10(11(13)14)12-8-7-9/h9-10,12H,2-8H2,1H3,(H,13,14). The summed E-state index contributed by atoms with van der Waals surface area (Å²) < 4.78 is 0. The lowest BCUT2D eigenvalue weighted by Crippen LogP contribution is -2.35. The molecular formula is C11H21NO2. The summed E-state index contributed by atoms with van der Waals surface area (Å²) in [6, 6.07) is -0.304. The highest BCUT2D eigenvalue weighted by molar-refractivity contribution is 5.73. The van der Waals surface area contributed by atoms with Crippen LogP contribution in [0.4, 0.5) is 0 Å². The molecule has 0 radical (unpaired) electrons. The van der Waals surface area contributed by atoms with E-state index in [1.165, 1.54) is 19.3 Å². The quantitative estimate of drug-likeness (QED) is 0.728. The molecule has 0 saturated carbocycles. The van der Waals surface area contributed by atoms with Crippen molar-refractivity contribution in [2.75, 3.05) is 6.54 Å². The van der Waals surface area contributed by atoms with Crippen molar-refractivity contribution in [1.82, 2.24) is 5.32 Å². The van der Waals surface area contributed by atoms with Gasteiger partial charge in [-0.3, -0.25) is 4.79 Å². The zero-order valence-electron chi connectivity index (χ0n) is 8.96. The third kappa shape index (κ3) is 3.66. The molecule has 0 aromatic carbocycles. The van der Waals surface area contributed by atoms with Crippen LogP contribution in [-0.2, 0) is 4.79 Å². The van der Waals surface area contributed by atoms with Crippen LogP contribution in [0.15, 0.2) is 0 Å². The molecule has 0 aromatic rings. The van der Waals surface area contributed by atoms with Crippen molar-refractivity contribution < 1.29 is 9.90 Å². The Labute approximate surface area is 85.9 Å². The molecule has 1 rings (SSSR count). The van der Waals surface area contributed by atoms with Gasteiger partial charge >= 0.3 is 5.97 Å². The summed E-state index contributed by atoms with van der Waals surface area (Å²) in [6.07, 6.45) is 6.80. The van der Waals surface area contributed by atoms with E-state index >= 15 is 0 Å². The lowest BCUT2D eigenvalue weighted by Gasteiger charge is -2.12. The summed E-state index contributed by atoms with van der Waals surface area (Å²) in [6.45, 7) is 3.07. The molecule has 2 atom stereocenters. The molecule has 0 bridgehead atoms. The van der Waals surface area contributed by atoms with Crippen LogP contribution in [0.3, 0.4) is 0 Å². The van der Waals surface area contributed by atoms with Gasteiger partial charge in [-0.2, -0.15) is 0 Å². The lowest BCUT2D eigenvalue weighted by atomic mass is 9.94. The van der Waals surface area contributed by atoms with Gasteiger partial charge in [0.2, 0.25) is 0 Å². The van der Waals surface area contributed by atoms with Crippen molar-refractivity contribution in [3.63, 3.8) is 0 Å². The van der Waals surface area contributed by atoms with Crippen molar-refractivity contribution in [2.45, 2.75) is 51.5 Å². The first-order valence-electron chi connectivity index (χ1n) is 5.70. The lowest BCUT2D eigenvalue weighted by molar-refractivity contribution is -0.139. The Morgan fingerprint density at radius 2 is 2.21 bits per heavy atom. The molecule has 82 valence electrons. The summed E-state index contributed by atoms with van der Waals surface area (Å²) >= 11 is 0. The molecule has 0 aliphatic carbocycles. The van der Waals surface area contributed by atoms with Gasteiger partial charge < -0.3 is 10.4 Å². The maximum atomic E-state index is 10.8. The summed E-state index contributed by atoms with van der Waals surface area (Å²) in [5.41, 5.74) is 0. The molecule has 14 heavy (non-hydrogen) atoms. The van der Waals surface area contributed by atoms with Crippen LogP contribution in [0.25, 0.3) is 0 Å². The number of carboxylic acid groups (broad SMARTS) is 1. The van der Waals surface area contributed by atoms with Crippen LogP contribution in [0, 0.1) is 5.92 Å². The van der Waals surface area contributed by atoms with Crippen LogP contribution in [0.2, 0.25) is 0 Å². The first-order chi connectivity index (χ1) is 6.74. The van der Waals surface area contributed by atoms with E-state index in [0.29, 0.717) is 0 Å². The van der Waals surface area contributed by atoms with Crippen molar-refractivity contribution in [3.05, 3.63) is 0 Å². The fourth-order valence-electron chi connectivity index (χ4n) is 2.10. The monoisotopic (exact) mass is 199 g/mol. The van der Waals surface area contributed by atoms with E-state index in [4.69, 9.17) is 5.11 Å². The molecule has 1 aliphatic rings. The summed E-state index contributed by atoms with van der Waals surface area (Å²) in [5.74, 6) is 0.0490. The van der Waals surface area contributed by atoms with Gasteiger partial charge in [0.05, 0.1) is 0 Å². The van der Waals surface area contributed by atoms with Crippen LogP contribution in [-0.4, -0.2) is 23.7 Å². The number of aliphatic carboxylic acids is 1. The highest BCUT2D eigenvalue weighted by Gasteiger charge is 2.22. The number of hydrogen-bond donors (Lipinski definition) is 2. The minimum atomic E-state index is -0.693. The van der Waals surface area contributed by atoms with Gasteiger partial charge in [0.1, 0.15) is 6.04 Å². The second kappa shape index (κ2) is 6.02. The number of unbranched alkanes of at least 4 members (excludes halogenated alkanes) is 1. The minimum absolute atomic E-state index is 0.304. The number of nitrogens with one attached hydrogen (secondary N) is 1. The average Bonchev–Trinajstić information content (AvgIpc) is 2.39. The van der Waals surface area contributed by atoms with E-state index < -0.39 is 5.97 Å². The first kappa shape index (κ1) is 11.5. The Hall–Kier alpha value is -0.570. The summed E-state index contributed by atoms with van der Waals surface area (Å²) in [4.78, 5) is 10.8. The zero-order chi connectivity index (χ0) is 10.4. The minimum Gasteiger partial charge on any atom is -0.480 e. The predicted octanol–water partition coefficient (Wildman–Crippen LogP) is 2.02. The van der Waals surface area contributed by atoms with E-state index in [-0.39, 0.29) is 6.04 Å². The Balaban J connectivity index is 2.29. The van der Waals surface area contributed by atoms with E-state index in [2.05, 4.69) is 12.2 Å². The van der Waals surface area contributed by atoms with Crippen LogP contribution >= 0.6 is 0 Å². The molecule has 2 N–H and O–H groups in total. The smallest absolute Gasteiger partial charge is 0.320 e. The molecule has 2 unspecified atom stereocenters. The van der Waals surface area contributed by atoms with E-state index in [1.807, 2.05) is 0 Å². The van der Waals surface area contributed by atoms with E-state index in [1.54, 1.807) is 0 Å². The Kier molecular flexibility index (Phi) is 4.94. The average molecular weight is 199 g/mol. The molecule has 1 fully saturated rings. The number of carbonyl (C=O) groups is 1. The van der Waals surface area contributed by atoms with Crippen LogP contribution in [0.1, 0.15) is 45.4 Å². The Morgan fingerprint density at radius 1 is 1.43 bits per heavy atom. The summed E-state index contributed by atoms with van der Waals surface area (Å²) in [7, 11) is 0. The molecule has 0 amide bonds. The number of hydrogen-bond acceptors (Lipinski definition) is 2. The van der Waals surface area contributed by atoms with E-state index in [0.717, 1.165) is 31.7 Å². The van der Waals surface area contributed by atoms with Gasteiger partial charge in [-0.1, -0.05) is 26.2 Å². The van der Waals surface area contributed by atoms with Gasteiger partial charge in [0.15, 0.2) is 0 Å². The van der Waals surface area contributed by atoms with Gasteiger partial charge in [-0.25, -0.2) is 0 Å². The first-order valence-corrected chi connectivity index (χ1v) is 5.70. The number of carboxylic acids is 1.